The zero-order valence-corrected chi connectivity index (χ0v) is 19.7. The molecule has 0 spiro atoms. The Morgan fingerprint density at radius 1 is 1.15 bits per heavy atom. The second-order valence-corrected chi connectivity index (χ2v) is 9.79. The number of aryl methyl sites for hydroxylation is 1. The Hall–Kier alpha value is -3.34. The van der Waals surface area contributed by atoms with Crippen LogP contribution in [0.1, 0.15) is 28.0 Å². The minimum absolute atomic E-state index is 0.114. The molecular weight excluding hydrogens is 471 g/mol. The molecule has 0 fully saturated rings. The van der Waals surface area contributed by atoms with Crippen LogP contribution in [0.3, 0.4) is 0 Å². The van der Waals surface area contributed by atoms with E-state index in [-0.39, 0.29) is 23.7 Å². The minimum Gasteiger partial charge on any atom is -0.493 e. The van der Waals surface area contributed by atoms with Crippen molar-refractivity contribution in [2.75, 3.05) is 26.5 Å². The Balaban J connectivity index is 1.70. The lowest BCUT2D eigenvalue weighted by atomic mass is 10.1. The third kappa shape index (κ3) is 5.77. The fraction of sp³-hybridized carbons (Fsp3) is 0.304. The number of carbonyl (C=O) groups is 1. The van der Waals surface area contributed by atoms with Gasteiger partial charge < -0.3 is 9.64 Å². The lowest BCUT2D eigenvalue weighted by Gasteiger charge is -2.19. The summed E-state index contributed by atoms with van der Waals surface area (Å²) in [6.45, 7) is 1.92. The van der Waals surface area contributed by atoms with Crippen LogP contribution in [0, 0.1) is 6.92 Å². The number of hydrogen-bond donors (Lipinski definition) is 0. The third-order valence-corrected chi connectivity index (χ3v) is 6.21. The van der Waals surface area contributed by atoms with E-state index in [0.29, 0.717) is 17.7 Å². The molecule has 0 saturated heterocycles. The van der Waals surface area contributed by atoms with Gasteiger partial charge in [-0.2, -0.15) is 18.3 Å². The number of alkyl halides is 3. The van der Waals surface area contributed by atoms with Crippen LogP contribution < -0.4 is 4.74 Å². The smallest absolute Gasteiger partial charge is 0.434 e. The van der Waals surface area contributed by atoms with Gasteiger partial charge in [0.1, 0.15) is 5.75 Å². The Morgan fingerprint density at radius 3 is 2.50 bits per heavy atom. The molecule has 3 rings (SSSR count). The van der Waals surface area contributed by atoms with Crippen molar-refractivity contribution in [3.05, 3.63) is 71.5 Å². The molecule has 0 aliphatic heterocycles. The highest BCUT2D eigenvalue weighted by Crippen LogP contribution is 2.34. The predicted molar refractivity (Wildman–Crippen MR) is 120 cm³/mol. The number of aromatic nitrogens is 2. The maximum absolute atomic E-state index is 13.9. The number of rotatable bonds is 8. The van der Waals surface area contributed by atoms with Crippen LogP contribution in [0.4, 0.5) is 13.2 Å². The fourth-order valence-electron chi connectivity index (χ4n) is 3.35. The second kappa shape index (κ2) is 9.88. The summed E-state index contributed by atoms with van der Waals surface area (Å²) >= 11 is 0. The normalized spacial score (nSPS) is 11.9. The van der Waals surface area contributed by atoms with E-state index in [4.69, 9.17) is 4.74 Å². The molecule has 0 aliphatic carbocycles. The molecule has 182 valence electrons. The van der Waals surface area contributed by atoms with Gasteiger partial charge in [-0.05, 0) is 43.2 Å². The number of amides is 1. The van der Waals surface area contributed by atoms with Crippen LogP contribution in [0.25, 0.3) is 5.69 Å². The van der Waals surface area contributed by atoms with Crippen LogP contribution in [0.2, 0.25) is 0 Å². The Morgan fingerprint density at radius 2 is 1.85 bits per heavy atom. The first-order valence-electron chi connectivity index (χ1n) is 10.3. The number of para-hydroxylation sites is 1. The van der Waals surface area contributed by atoms with Crippen LogP contribution in [0.5, 0.6) is 5.75 Å². The van der Waals surface area contributed by atoms with E-state index in [2.05, 4.69) is 5.10 Å². The highest BCUT2D eigenvalue weighted by Gasteiger charge is 2.41. The van der Waals surface area contributed by atoms with Crippen molar-refractivity contribution < 1.29 is 31.1 Å². The molecule has 0 aliphatic rings. The average molecular weight is 496 g/mol. The van der Waals surface area contributed by atoms with Crippen molar-refractivity contribution in [3.8, 4) is 11.4 Å². The van der Waals surface area contributed by atoms with Gasteiger partial charge >= 0.3 is 6.18 Å². The van der Waals surface area contributed by atoms with Gasteiger partial charge in [0, 0.05) is 19.8 Å². The lowest BCUT2D eigenvalue weighted by molar-refractivity contribution is -0.143. The van der Waals surface area contributed by atoms with Crippen molar-refractivity contribution in [1.82, 2.24) is 14.7 Å². The summed E-state index contributed by atoms with van der Waals surface area (Å²) in [6.07, 6.45) is -2.46. The molecular formula is C23H24F3N3O4S. The van der Waals surface area contributed by atoms with Crippen molar-refractivity contribution in [2.24, 2.45) is 0 Å². The molecule has 0 saturated carbocycles. The maximum atomic E-state index is 13.9. The molecule has 1 heterocycles. The van der Waals surface area contributed by atoms with E-state index in [0.717, 1.165) is 17.1 Å². The highest BCUT2D eigenvalue weighted by molar-refractivity contribution is 7.90. The van der Waals surface area contributed by atoms with Gasteiger partial charge in [-0.25, -0.2) is 13.1 Å². The van der Waals surface area contributed by atoms with E-state index in [1.807, 2.05) is 0 Å². The number of ether oxygens (including phenoxy) is 1. The average Bonchev–Trinajstić information content (AvgIpc) is 3.21. The summed E-state index contributed by atoms with van der Waals surface area (Å²) in [7, 11) is -1.98. The number of halogens is 3. The molecule has 0 radical (unpaired) electrons. The van der Waals surface area contributed by atoms with E-state index < -0.39 is 33.2 Å². The van der Waals surface area contributed by atoms with Gasteiger partial charge in [-0.15, -0.1) is 0 Å². The quantitative estimate of drug-likeness (QED) is 0.439. The van der Waals surface area contributed by atoms with Gasteiger partial charge in [0.2, 0.25) is 0 Å². The van der Waals surface area contributed by atoms with E-state index in [9.17, 15) is 26.4 Å². The first kappa shape index (κ1) is 25.3. The molecule has 1 aromatic heterocycles. The maximum Gasteiger partial charge on any atom is 0.434 e. The molecule has 3 aromatic rings. The zero-order chi connectivity index (χ0) is 25.1. The topological polar surface area (TPSA) is 81.5 Å². The van der Waals surface area contributed by atoms with Crippen molar-refractivity contribution in [2.45, 2.75) is 24.4 Å². The third-order valence-electron chi connectivity index (χ3n) is 5.10. The van der Waals surface area contributed by atoms with Gasteiger partial charge in [0.25, 0.3) is 5.91 Å². The summed E-state index contributed by atoms with van der Waals surface area (Å²) < 4.78 is 71.2. The summed E-state index contributed by atoms with van der Waals surface area (Å²) in [5.74, 6) is -0.470. The van der Waals surface area contributed by atoms with E-state index in [1.54, 1.807) is 37.3 Å². The molecule has 0 unspecified atom stereocenters. The van der Waals surface area contributed by atoms with Gasteiger partial charge in [-0.1, -0.05) is 24.3 Å². The largest absolute Gasteiger partial charge is 0.493 e. The Bertz CT molecular complexity index is 1290. The number of benzene rings is 2. The number of sulfone groups is 1. The summed E-state index contributed by atoms with van der Waals surface area (Å²) in [5, 5.41) is 3.86. The molecule has 0 N–H and O–H groups in total. The SMILES string of the molecule is Cc1ccccc1-n1ncc(C(=O)N(C)CCCOc2cccc(S(C)(=O)=O)c2)c1C(F)(F)F. The summed E-state index contributed by atoms with van der Waals surface area (Å²) in [5.41, 5.74) is -0.852. The van der Waals surface area contributed by atoms with Gasteiger partial charge in [-0.3, -0.25) is 4.79 Å². The fourth-order valence-corrected chi connectivity index (χ4v) is 4.01. The zero-order valence-electron chi connectivity index (χ0n) is 18.8. The van der Waals surface area contributed by atoms with Crippen LogP contribution in [0.15, 0.2) is 59.6 Å². The highest BCUT2D eigenvalue weighted by atomic mass is 32.2. The molecule has 7 nitrogen and oxygen atoms in total. The van der Waals surface area contributed by atoms with Gasteiger partial charge in [0.15, 0.2) is 15.5 Å². The summed E-state index contributed by atoms with van der Waals surface area (Å²) in [6, 6.07) is 12.5. The molecule has 2 aromatic carbocycles. The van der Waals surface area contributed by atoms with Crippen molar-refractivity contribution in [3.63, 3.8) is 0 Å². The van der Waals surface area contributed by atoms with Crippen LogP contribution >= 0.6 is 0 Å². The monoisotopic (exact) mass is 495 g/mol. The van der Waals surface area contributed by atoms with Gasteiger partial charge in [0.05, 0.1) is 29.0 Å². The molecule has 1 amide bonds. The van der Waals surface area contributed by atoms with Crippen LogP contribution in [-0.4, -0.2) is 55.5 Å². The number of nitrogens with zero attached hydrogens (tertiary/aromatic N) is 3. The molecule has 0 atom stereocenters. The predicted octanol–water partition coefficient (Wildman–Crippen LogP) is 4.14. The Labute approximate surface area is 195 Å². The van der Waals surface area contributed by atoms with E-state index in [1.165, 1.54) is 30.1 Å². The minimum atomic E-state index is -4.79. The molecule has 11 heteroatoms. The van der Waals surface area contributed by atoms with Crippen LogP contribution in [-0.2, 0) is 16.0 Å². The Kier molecular flexibility index (Phi) is 7.35. The summed E-state index contributed by atoms with van der Waals surface area (Å²) in [4.78, 5) is 14.1. The number of carbonyl (C=O) groups excluding carboxylic acids is 1. The number of hydrogen-bond acceptors (Lipinski definition) is 5. The van der Waals surface area contributed by atoms with Crippen molar-refractivity contribution in [1.29, 1.82) is 0 Å². The lowest BCUT2D eigenvalue weighted by Crippen LogP contribution is -2.30. The van der Waals surface area contributed by atoms with Crippen molar-refractivity contribution >= 4 is 15.7 Å². The first-order chi connectivity index (χ1) is 15.9. The van der Waals surface area contributed by atoms with E-state index >= 15 is 0 Å². The first-order valence-corrected chi connectivity index (χ1v) is 12.2. The standard InChI is InChI=1S/C23H24F3N3O4S/c1-16-8-4-5-11-20(16)29-21(23(24,25)26)19(15-27-29)22(30)28(2)12-7-13-33-17-9-6-10-18(14-17)34(3,31)32/h4-6,8-11,14-15H,7,12-13H2,1-3H3. The second-order valence-electron chi connectivity index (χ2n) is 7.78. The molecule has 34 heavy (non-hydrogen) atoms. The molecule has 0 bridgehead atoms.